The molecule has 0 aromatic rings. The summed E-state index contributed by atoms with van der Waals surface area (Å²) >= 11 is 4.58. The van der Waals surface area contributed by atoms with Crippen molar-refractivity contribution in [3.05, 3.63) is 0 Å². The van der Waals surface area contributed by atoms with Crippen molar-refractivity contribution in [2.45, 2.75) is 31.4 Å². The molecule has 0 N–H and O–H groups in total. The van der Waals surface area contributed by atoms with Gasteiger partial charge in [-0.3, -0.25) is 0 Å². The molecule has 2 rings (SSSR count). The first-order valence-electron chi connectivity index (χ1n) is 4.10. The van der Waals surface area contributed by atoms with Crippen LogP contribution in [0.5, 0.6) is 0 Å². The van der Waals surface area contributed by atoms with Crippen LogP contribution in [0, 0.1) is 5.92 Å². The summed E-state index contributed by atoms with van der Waals surface area (Å²) in [4.78, 5) is 4.11. The molecule has 0 radical (unpaired) electrons. The first-order chi connectivity index (χ1) is 5.42. The molecule has 1 heterocycles. The van der Waals surface area contributed by atoms with E-state index in [9.17, 15) is 0 Å². The van der Waals surface area contributed by atoms with Crippen molar-refractivity contribution in [2.24, 2.45) is 10.9 Å². The standard InChI is InChI=1S/C8H11NOS/c11-5-9-7-3-4-10-8(7)6-1-2-6/h6-8H,1-4H2. The van der Waals surface area contributed by atoms with Crippen LogP contribution in [-0.4, -0.2) is 23.9 Å². The Kier molecular flexibility index (Phi) is 2.03. The van der Waals surface area contributed by atoms with E-state index in [1.807, 2.05) is 0 Å². The minimum atomic E-state index is 0.319. The van der Waals surface area contributed by atoms with E-state index in [4.69, 9.17) is 4.74 Å². The lowest BCUT2D eigenvalue weighted by molar-refractivity contribution is 0.0877. The molecule has 2 unspecified atom stereocenters. The van der Waals surface area contributed by atoms with Crippen molar-refractivity contribution in [1.29, 1.82) is 0 Å². The maximum absolute atomic E-state index is 5.56. The maximum atomic E-state index is 5.56. The summed E-state index contributed by atoms with van der Waals surface area (Å²) in [5, 5.41) is 2.45. The molecule has 2 atom stereocenters. The summed E-state index contributed by atoms with van der Waals surface area (Å²) in [6.45, 7) is 0.854. The Morgan fingerprint density at radius 2 is 2.18 bits per heavy atom. The molecule has 3 heteroatoms. The third-order valence-electron chi connectivity index (χ3n) is 2.41. The average Bonchev–Trinajstić information content (AvgIpc) is 2.75. The Hall–Kier alpha value is -0.240. The largest absolute Gasteiger partial charge is 0.376 e. The van der Waals surface area contributed by atoms with Crippen LogP contribution in [-0.2, 0) is 4.74 Å². The molecule has 60 valence electrons. The molecular weight excluding hydrogens is 158 g/mol. The fourth-order valence-corrected chi connectivity index (χ4v) is 1.82. The summed E-state index contributed by atoms with van der Waals surface area (Å²) in [5.74, 6) is 0.773. The quantitative estimate of drug-likeness (QED) is 0.463. The second-order valence-electron chi connectivity index (χ2n) is 3.25. The molecule has 1 aliphatic carbocycles. The molecule has 1 saturated heterocycles. The van der Waals surface area contributed by atoms with Crippen LogP contribution in [0.2, 0.25) is 0 Å². The molecule has 2 nitrogen and oxygen atoms in total. The molecule has 0 bridgehead atoms. The number of hydrogen-bond acceptors (Lipinski definition) is 3. The Labute approximate surface area is 71.6 Å². The van der Waals surface area contributed by atoms with Crippen LogP contribution in [0.15, 0.2) is 4.99 Å². The van der Waals surface area contributed by atoms with E-state index in [0.717, 1.165) is 18.9 Å². The van der Waals surface area contributed by atoms with Crippen LogP contribution in [0.1, 0.15) is 19.3 Å². The molecule has 1 aliphatic heterocycles. The third kappa shape index (κ3) is 1.51. The first kappa shape index (κ1) is 7.41. The average molecular weight is 169 g/mol. The van der Waals surface area contributed by atoms with Gasteiger partial charge in [-0.2, -0.15) is 0 Å². The van der Waals surface area contributed by atoms with E-state index < -0.39 is 0 Å². The van der Waals surface area contributed by atoms with Gasteiger partial charge in [0.15, 0.2) is 0 Å². The summed E-state index contributed by atoms with van der Waals surface area (Å²) in [5.41, 5.74) is 0. The van der Waals surface area contributed by atoms with Gasteiger partial charge in [0, 0.05) is 6.61 Å². The van der Waals surface area contributed by atoms with Crippen molar-refractivity contribution in [2.75, 3.05) is 6.61 Å². The number of aliphatic imine (C=N–C) groups is 1. The van der Waals surface area contributed by atoms with Crippen LogP contribution in [0.3, 0.4) is 0 Å². The summed E-state index contributed by atoms with van der Waals surface area (Å²) in [6.07, 6.45) is 4.03. The Morgan fingerprint density at radius 1 is 1.36 bits per heavy atom. The van der Waals surface area contributed by atoms with E-state index in [1.54, 1.807) is 0 Å². The first-order valence-corrected chi connectivity index (χ1v) is 4.51. The zero-order valence-electron chi connectivity index (χ0n) is 6.32. The van der Waals surface area contributed by atoms with Crippen molar-refractivity contribution >= 4 is 17.4 Å². The van der Waals surface area contributed by atoms with Crippen LogP contribution < -0.4 is 0 Å². The highest BCUT2D eigenvalue weighted by Gasteiger charge is 2.40. The molecule has 0 aromatic heterocycles. The van der Waals surface area contributed by atoms with Gasteiger partial charge in [0.1, 0.15) is 0 Å². The van der Waals surface area contributed by atoms with Gasteiger partial charge < -0.3 is 4.74 Å². The SMILES string of the molecule is S=C=NC1CCOC1C1CC1. The van der Waals surface area contributed by atoms with Gasteiger partial charge in [-0.05, 0) is 37.4 Å². The summed E-state index contributed by atoms with van der Waals surface area (Å²) in [7, 11) is 0. The Morgan fingerprint density at radius 3 is 2.82 bits per heavy atom. The second-order valence-corrected chi connectivity index (χ2v) is 3.43. The molecule has 0 spiro atoms. The van der Waals surface area contributed by atoms with E-state index in [1.165, 1.54) is 12.8 Å². The predicted octanol–water partition coefficient (Wildman–Crippen LogP) is 1.66. The number of thiocarbonyl (C=S) groups is 1. The van der Waals surface area contributed by atoms with Crippen LogP contribution in [0.4, 0.5) is 0 Å². The highest BCUT2D eigenvalue weighted by molar-refractivity contribution is 7.78. The van der Waals surface area contributed by atoms with Gasteiger partial charge in [-0.25, -0.2) is 4.99 Å². The van der Waals surface area contributed by atoms with E-state index >= 15 is 0 Å². The lowest BCUT2D eigenvalue weighted by atomic mass is 10.1. The third-order valence-corrected chi connectivity index (χ3v) is 2.51. The molecule has 11 heavy (non-hydrogen) atoms. The number of nitrogens with zero attached hydrogens (tertiary/aromatic N) is 1. The molecular formula is C8H11NOS. The van der Waals surface area contributed by atoms with E-state index in [2.05, 4.69) is 22.4 Å². The Balaban J connectivity index is 2.00. The maximum Gasteiger partial charge on any atom is 0.0888 e. The normalized spacial score (nSPS) is 36.7. The van der Waals surface area contributed by atoms with E-state index in [-0.39, 0.29) is 0 Å². The van der Waals surface area contributed by atoms with Gasteiger partial charge in [-0.1, -0.05) is 0 Å². The number of hydrogen-bond donors (Lipinski definition) is 0. The van der Waals surface area contributed by atoms with Crippen molar-refractivity contribution < 1.29 is 4.74 Å². The molecule has 0 amide bonds. The fraction of sp³-hybridized carbons (Fsp3) is 0.875. The van der Waals surface area contributed by atoms with Crippen LogP contribution in [0.25, 0.3) is 0 Å². The van der Waals surface area contributed by atoms with Crippen molar-refractivity contribution in [1.82, 2.24) is 0 Å². The molecule has 2 fully saturated rings. The van der Waals surface area contributed by atoms with Gasteiger partial charge in [0.05, 0.1) is 17.3 Å². The smallest absolute Gasteiger partial charge is 0.0888 e. The molecule has 2 aliphatic rings. The van der Waals surface area contributed by atoms with Gasteiger partial charge in [0.25, 0.3) is 0 Å². The Bertz CT molecular complexity index is 196. The fourth-order valence-electron chi connectivity index (χ4n) is 1.68. The highest BCUT2D eigenvalue weighted by atomic mass is 32.1. The zero-order valence-corrected chi connectivity index (χ0v) is 7.14. The minimum absolute atomic E-state index is 0.319. The minimum Gasteiger partial charge on any atom is -0.376 e. The zero-order chi connectivity index (χ0) is 7.68. The lowest BCUT2D eigenvalue weighted by Gasteiger charge is -2.11. The lowest BCUT2D eigenvalue weighted by Crippen LogP contribution is -2.21. The highest BCUT2D eigenvalue weighted by Crippen LogP contribution is 2.39. The van der Waals surface area contributed by atoms with Crippen molar-refractivity contribution in [3.8, 4) is 0 Å². The monoisotopic (exact) mass is 169 g/mol. The predicted molar refractivity (Wildman–Crippen MR) is 45.9 cm³/mol. The number of isothiocyanates is 1. The van der Waals surface area contributed by atoms with E-state index in [0.29, 0.717) is 12.1 Å². The van der Waals surface area contributed by atoms with Gasteiger partial charge >= 0.3 is 0 Å². The number of ether oxygens (including phenoxy) is 1. The molecule has 0 aromatic carbocycles. The molecule has 1 saturated carbocycles. The summed E-state index contributed by atoms with van der Waals surface area (Å²) < 4.78 is 5.56. The van der Waals surface area contributed by atoms with Crippen molar-refractivity contribution in [3.63, 3.8) is 0 Å². The van der Waals surface area contributed by atoms with Gasteiger partial charge in [0.2, 0.25) is 0 Å². The topological polar surface area (TPSA) is 21.6 Å². The summed E-state index contributed by atoms with van der Waals surface area (Å²) in [6, 6.07) is 0.319. The van der Waals surface area contributed by atoms with Crippen LogP contribution >= 0.6 is 12.2 Å². The second kappa shape index (κ2) is 3.02. The number of rotatable bonds is 2. The van der Waals surface area contributed by atoms with Gasteiger partial charge in [-0.15, -0.1) is 0 Å².